The molecule has 1 heterocycles. The van der Waals surface area contributed by atoms with Crippen LogP contribution in [0.25, 0.3) is 0 Å². The lowest BCUT2D eigenvalue weighted by atomic mass is 9.98. The largest absolute Gasteiger partial charge is 0.493 e. The first-order chi connectivity index (χ1) is 14.9. The molecule has 8 nitrogen and oxygen atoms in total. The molecule has 0 saturated heterocycles. The summed E-state index contributed by atoms with van der Waals surface area (Å²) in [7, 11) is -3.65. The summed E-state index contributed by atoms with van der Waals surface area (Å²) < 4.78 is 41.0. The molecule has 0 fully saturated rings. The fraction of sp³-hybridized carbons (Fsp3) is 0.364. The highest BCUT2D eigenvalue weighted by Gasteiger charge is 2.29. The predicted octanol–water partition coefficient (Wildman–Crippen LogP) is 2.82. The van der Waals surface area contributed by atoms with Crippen LogP contribution in [-0.4, -0.2) is 46.0 Å². The minimum absolute atomic E-state index is 0.0875. The number of alkyl carbamates (subject to hydrolysis) is 1. The van der Waals surface area contributed by atoms with E-state index in [1.165, 1.54) is 12.1 Å². The van der Waals surface area contributed by atoms with Gasteiger partial charge >= 0.3 is 12.1 Å². The van der Waals surface area contributed by atoms with Crippen LogP contribution < -0.4 is 10.1 Å². The average molecular weight is 448 g/mol. The van der Waals surface area contributed by atoms with Gasteiger partial charge in [-0.3, -0.25) is 4.79 Å². The molecular formula is C22H25NO7S. The lowest BCUT2D eigenvalue weighted by molar-refractivity contribution is -0.143. The summed E-state index contributed by atoms with van der Waals surface area (Å²) in [5.74, 6) is -0.322. The van der Waals surface area contributed by atoms with Crippen molar-refractivity contribution in [3.63, 3.8) is 0 Å². The number of amides is 1. The molecule has 0 bridgehead atoms. The van der Waals surface area contributed by atoms with Gasteiger partial charge in [-0.2, -0.15) is 0 Å². The first-order valence-corrected chi connectivity index (χ1v) is 11.6. The fourth-order valence-electron chi connectivity index (χ4n) is 3.22. The van der Waals surface area contributed by atoms with E-state index in [2.05, 4.69) is 5.32 Å². The molecule has 0 radical (unpaired) electrons. The van der Waals surface area contributed by atoms with Gasteiger partial charge in [-0.25, -0.2) is 13.2 Å². The Balaban J connectivity index is 1.54. The lowest BCUT2D eigenvalue weighted by Crippen LogP contribution is -2.29. The number of carbonyl (C=O) groups excluding carboxylic acids is 2. The van der Waals surface area contributed by atoms with E-state index >= 15 is 0 Å². The Bertz CT molecular complexity index is 1020. The van der Waals surface area contributed by atoms with Gasteiger partial charge in [-0.05, 0) is 30.7 Å². The molecule has 3 rings (SSSR count). The Morgan fingerprint density at radius 3 is 2.65 bits per heavy atom. The summed E-state index contributed by atoms with van der Waals surface area (Å²) in [4.78, 5) is 23.7. The number of rotatable bonds is 9. The van der Waals surface area contributed by atoms with Crippen LogP contribution in [-0.2, 0) is 30.7 Å². The molecular weight excluding hydrogens is 422 g/mol. The third kappa shape index (κ3) is 6.21. The van der Waals surface area contributed by atoms with Crippen molar-refractivity contribution in [3.8, 4) is 5.75 Å². The van der Waals surface area contributed by atoms with Crippen molar-refractivity contribution in [2.24, 2.45) is 0 Å². The molecule has 1 aliphatic heterocycles. The van der Waals surface area contributed by atoms with Crippen LogP contribution in [0.1, 0.15) is 30.4 Å². The maximum atomic E-state index is 12.7. The SMILES string of the molecule is CCOC(=O)CC1COc2ccc(S(=O)(=O)CCNC(=O)OCc3ccccc3)cc21. The molecule has 1 N–H and O–H groups in total. The van der Waals surface area contributed by atoms with Gasteiger partial charge in [0, 0.05) is 18.0 Å². The molecule has 0 aliphatic carbocycles. The number of sulfone groups is 1. The Morgan fingerprint density at radius 2 is 1.90 bits per heavy atom. The Kier molecular flexibility index (Phi) is 7.51. The third-order valence-corrected chi connectivity index (χ3v) is 6.51. The van der Waals surface area contributed by atoms with Crippen LogP contribution in [0.3, 0.4) is 0 Å². The molecule has 0 saturated carbocycles. The van der Waals surface area contributed by atoms with E-state index in [1.54, 1.807) is 13.0 Å². The highest BCUT2D eigenvalue weighted by Crippen LogP contribution is 2.37. The molecule has 31 heavy (non-hydrogen) atoms. The summed E-state index contributed by atoms with van der Waals surface area (Å²) in [5.41, 5.74) is 1.51. The highest BCUT2D eigenvalue weighted by molar-refractivity contribution is 7.91. The maximum Gasteiger partial charge on any atom is 0.407 e. The Labute approximate surface area is 181 Å². The quantitative estimate of drug-likeness (QED) is 0.589. The van der Waals surface area contributed by atoms with Gasteiger partial charge < -0.3 is 19.5 Å². The number of hydrogen-bond acceptors (Lipinski definition) is 7. The zero-order valence-corrected chi connectivity index (χ0v) is 18.0. The number of carbonyl (C=O) groups is 2. The van der Waals surface area contributed by atoms with Crippen LogP contribution in [0, 0.1) is 0 Å². The molecule has 1 amide bonds. The molecule has 0 aromatic heterocycles. The van der Waals surface area contributed by atoms with Gasteiger partial charge in [0.1, 0.15) is 12.4 Å². The molecule has 2 aromatic rings. The summed E-state index contributed by atoms with van der Waals surface area (Å²) in [6.07, 6.45) is -0.560. The third-order valence-electron chi connectivity index (χ3n) is 4.79. The van der Waals surface area contributed by atoms with Crippen LogP contribution in [0.4, 0.5) is 4.79 Å². The maximum absolute atomic E-state index is 12.7. The van der Waals surface area contributed by atoms with Gasteiger partial charge in [-0.15, -0.1) is 0 Å². The van der Waals surface area contributed by atoms with Crippen molar-refractivity contribution in [2.45, 2.75) is 30.8 Å². The van der Waals surface area contributed by atoms with Crippen LogP contribution in [0.5, 0.6) is 5.75 Å². The zero-order chi connectivity index (χ0) is 22.3. The van der Waals surface area contributed by atoms with Gasteiger partial charge in [0.25, 0.3) is 0 Å². The summed E-state index contributed by atoms with van der Waals surface area (Å²) >= 11 is 0. The smallest absolute Gasteiger partial charge is 0.407 e. The number of fused-ring (bicyclic) bond motifs is 1. The number of nitrogens with one attached hydrogen (secondary N) is 1. The zero-order valence-electron chi connectivity index (χ0n) is 17.2. The van der Waals surface area contributed by atoms with E-state index in [-0.39, 0.29) is 48.7 Å². The topological polar surface area (TPSA) is 108 Å². The van der Waals surface area contributed by atoms with E-state index in [9.17, 15) is 18.0 Å². The van der Waals surface area contributed by atoms with E-state index in [4.69, 9.17) is 14.2 Å². The monoisotopic (exact) mass is 447 g/mol. The minimum atomic E-state index is -3.65. The van der Waals surface area contributed by atoms with Crippen molar-refractivity contribution in [1.29, 1.82) is 0 Å². The number of esters is 1. The van der Waals surface area contributed by atoms with Crippen molar-refractivity contribution >= 4 is 21.9 Å². The second kappa shape index (κ2) is 10.3. The lowest BCUT2D eigenvalue weighted by Gasteiger charge is -2.11. The standard InChI is InChI=1S/C22H25NO7S/c1-2-28-21(24)12-17-15-29-20-9-8-18(13-19(17)20)31(26,27)11-10-23-22(25)30-14-16-6-4-3-5-7-16/h3-9,13,17H,2,10-12,14-15H2,1H3,(H,23,25). The molecule has 2 aromatic carbocycles. The normalized spacial score (nSPS) is 14.9. The van der Waals surface area contributed by atoms with E-state index in [0.29, 0.717) is 17.9 Å². The van der Waals surface area contributed by atoms with Crippen molar-refractivity contribution < 1.29 is 32.2 Å². The second-order valence-electron chi connectivity index (χ2n) is 7.02. The van der Waals surface area contributed by atoms with Crippen molar-refractivity contribution in [1.82, 2.24) is 5.32 Å². The van der Waals surface area contributed by atoms with Crippen molar-refractivity contribution in [2.75, 3.05) is 25.5 Å². The Hall–Kier alpha value is -3.07. The number of benzene rings is 2. The minimum Gasteiger partial charge on any atom is -0.493 e. The molecule has 166 valence electrons. The van der Waals surface area contributed by atoms with E-state index in [0.717, 1.165) is 5.56 Å². The van der Waals surface area contributed by atoms with Crippen molar-refractivity contribution in [3.05, 3.63) is 59.7 Å². The molecule has 1 unspecified atom stereocenters. The molecule has 1 aliphatic rings. The van der Waals surface area contributed by atoms with Gasteiger partial charge in [0.05, 0.1) is 30.3 Å². The average Bonchev–Trinajstić information content (AvgIpc) is 3.15. The van der Waals surface area contributed by atoms with E-state index in [1.807, 2.05) is 30.3 Å². The number of ether oxygens (including phenoxy) is 3. The molecule has 1 atom stereocenters. The molecule has 0 spiro atoms. The first-order valence-electron chi connectivity index (χ1n) is 9.98. The summed E-state index contributed by atoms with van der Waals surface area (Å²) in [5, 5.41) is 2.45. The summed E-state index contributed by atoms with van der Waals surface area (Å²) in [6.45, 7) is 2.33. The van der Waals surface area contributed by atoms with Crippen LogP contribution in [0.15, 0.2) is 53.4 Å². The van der Waals surface area contributed by atoms with E-state index < -0.39 is 15.9 Å². The van der Waals surface area contributed by atoms with Crippen LogP contribution in [0.2, 0.25) is 0 Å². The number of hydrogen-bond donors (Lipinski definition) is 1. The first kappa shape index (κ1) is 22.6. The van der Waals surface area contributed by atoms with Crippen LogP contribution >= 0.6 is 0 Å². The highest BCUT2D eigenvalue weighted by atomic mass is 32.2. The van der Waals surface area contributed by atoms with Gasteiger partial charge in [0.15, 0.2) is 9.84 Å². The summed E-state index contributed by atoms with van der Waals surface area (Å²) in [6, 6.07) is 13.8. The Morgan fingerprint density at radius 1 is 1.13 bits per heavy atom. The second-order valence-corrected chi connectivity index (χ2v) is 9.13. The molecule has 9 heteroatoms. The van der Waals surface area contributed by atoms with Gasteiger partial charge in [-0.1, -0.05) is 30.3 Å². The fourth-order valence-corrected chi connectivity index (χ4v) is 4.41. The predicted molar refractivity (Wildman–Crippen MR) is 113 cm³/mol. The van der Waals surface area contributed by atoms with Gasteiger partial charge in [0.2, 0.25) is 0 Å².